The first kappa shape index (κ1) is 29.2. The molecule has 6 heteroatoms. The summed E-state index contributed by atoms with van der Waals surface area (Å²) in [5, 5.41) is 0.107. The highest BCUT2D eigenvalue weighted by Crippen LogP contribution is 2.45. The van der Waals surface area contributed by atoms with Crippen LogP contribution in [0.15, 0.2) is 23.8 Å². The lowest BCUT2D eigenvalue weighted by molar-refractivity contribution is -0.162. The number of hydrogen-bond acceptors (Lipinski definition) is 5. The van der Waals surface area contributed by atoms with Crippen LogP contribution in [0, 0.1) is 29.6 Å². The van der Waals surface area contributed by atoms with Crippen molar-refractivity contribution in [3.05, 3.63) is 23.8 Å². The number of cyclic esters (lactones) is 1. The van der Waals surface area contributed by atoms with Crippen molar-refractivity contribution in [1.29, 1.82) is 0 Å². The molecule has 0 saturated carbocycles. The van der Waals surface area contributed by atoms with Gasteiger partial charge in [-0.05, 0) is 67.1 Å². The van der Waals surface area contributed by atoms with Crippen molar-refractivity contribution in [3.63, 3.8) is 0 Å². The van der Waals surface area contributed by atoms with Crippen LogP contribution < -0.4 is 0 Å². The second-order valence-electron chi connectivity index (χ2n) is 13.2. The zero-order valence-corrected chi connectivity index (χ0v) is 25.1. The Bertz CT molecular complexity index is 854. The highest BCUT2D eigenvalue weighted by Gasteiger charge is 2.44. The fourth-order valence-electron chi connectivity index (χ4n) is 5.74. The Morgan fingerprint density at radius 1 is 1.19 bits per heavy atom. The maximum atomic E-state index is 12.7. The van der Waals surface area contributed by atoms with Crippen LogP contribution in [0.2, 0.25) is 18.1 Å². The van der Waals surface area contributed by atoms with E-state index in [1.807, 2.05) is 13.8 Å². The summed E-state index contributed by atoms with van der Waals surface area (Å²) in [5.41, 5.74) is 1.30. The lowest BCUT2D eigenvalue weighted by Gasteiger charge is -2.44. The fourth-order valence-corrected chi connectivity index (χ4v) is 7.10. The zero-order chi connectivity index (χ0) is 26.8. The van der Waals surface area contributed by atoms with Crippen LogP contribution in [0.4, 0.5) is 0 Å². The first-order valence-electron chi connectivity index (χ1n) is 14.2. The molecule has 0 aromatic rings. The van der Waals surface area contributed by atoms with Crippen LogP contribution in [0.3, 0.4) is 0 Å². The molecule has 3 aliphatic rings. The van der Waals surface area contributed by atoms with Crippen molar-refractivity contribution in [1.82, 2.24) is 0 Å². The maximum absolute atomic E-state index is 12.7. The van der Waals surface area contributed by atoms with Gasteiger partial charge in [0.2, 0.25) is 0 Å². The van der Waals surface area contributed by atoms with Crippen LogP contribution in [0.1, 0.15) is 87.0 Å². The van der Waals surface area contributed by atoms with Crippen molar-refractivity contribution < 1.29 is 23.5 Å². The molecular formula is C30H50O5Si. The number of carbonyl (C=O) groups excluding carboxylic acids is 2. The van der Waals surface area contributed by atoms with Crippen molar-refractivity contribution >= 4 is 20.3 Å². The van der Waals surface area contributed by atoms with Crippen LogP contribution in [0.25, 0.3) is 0 Å². The summed E-state index contributed by atoms with van der Waals surface area (Å²) in [6.45, 7) is 19.6. The summed E-state index contributed by atoms with van der Waals surface area (Å²) in [7, 11) is -1.96. The lowest BCUT2D eigenvalue weighted by atomic mass is 9.65. The van der Waals surface area contributed by atoms with E-state index < -0.39 is 8.32 Å². The summed E-state index contributed by atoms with van der Waals surface area (Å²) in [6, 6.07) is 0. The minimum Gasteiger partial charge on any atom is -0.462 e. The topological polar surface area (TPSA) is 61.8 Å². The van der Waals surface area contributed by atoms with E-state index >= 15 is 0 Å². The Balaban J connectivity index is 1.71. The predicted molar refractivity (Wildman–Crippen MR) is 147 cm³/mol. The molecule has 1 saturated heterocycles. The third kappa shape index (κ3) is 6.92. The largest absolute Gasteiger partial charge is 0.462 e. The van der Waals surface area contributed by atoms with E-state index in [-0.39, 0.29) is 47.1 Å². The summed E-state index contributed by atoms with van der Waals surface area (Å²) < 4.78 is 18.6. The predicted octanol–water partition coefficient (Wildman–Crippen LogP) is 7.23. The highest BCUT2D eigenvalue weighted by molar-refractivity contribution is 6.74. The fraction of sp³-hybridized carbons (Fsp3) is 0.800. The molecule has 0 N–H and O–H groups in total. The van der Waals surface area contributed by atoms with Crippen LogP contribution in [0.5, 0.6) is 0 Å². The smallest absolute Gasteiger partial charge is 0.308 e. The summed E-state index contributed by atoms with van der Waals surface area (Å²) in [5.74, 6) is 1.02. The molecule has 2 aliphatic carbocycles. The Morgan fingerprint density at radius 2 is 1.89 bits per heavy atom. The number of allylic oxidation sites excluding steroid dienone is 3. The molecule has 3 rings (SSSR count). The molecule has 0 radical (unpaired) electrons. The van der Waals surface area contributed by atoms with Crippen molar-refractivity contribution in [3.8, 4) is 0 Å². The van der Waals surface area contributed by atoms with Gasteiger partial charge in [0.05, 0.1) is 18.4 Å². The van der Waals surface area contributed by atoms with Gasteiger partial charge in [-0.15, -0.1) is 0 Å². The zero-order valence-electron chi connectivity index (χ0n) is 24.1. The van der Waals surface area contributed by atoms with Gasteiger partial charge in [0, 0.05) is 12.3 Å². The van der Waals surface area contributed by atoms with Gasteiger partial charge in [0.1, 0.15) is 12.2 Å². The standard InChI is InChI=1S/C30H50O5Si/c1-10-20(3)29(32)34-26-16-19(2)15-22-12-11-21(4)25(28(22)26)14-13-23-17-24(18-27(31)33-23)35-36(8,9)30(5,6)7/h11-12,15,19-21,23-26,28H,10,13-14,16-18H2,1-9H3/t19-,20-,21-,23+,24+,25-,26-,28-/m0/s1. The second-order valence-corrected chi connectivity index (χ2v) is 18.0. The van der Waals surface area contributed by atoms with Crippen LogP contribution in [-0.4, -0.2) is 38.6 Å². The molecule has 0 unspecified atom stereocenters. The Labute approximate surface area is 220 Å². The molecule has 5 nitrogen and oxygen atoms in total. The third-order valence-electron chi connectivity index (χ3n) is 9.19. The molecule has 0 spiro atoms. The molecule has 36 heavy (non-hydrogen) atoms. The summed E-state index contributed by atoms with van der Waals surface area (Å²) in [4.78, 5) is 25.2. The second kappa shape index (κ2) is 11.5. The van der Waals surface area contributed by atoms with E-state index in [1.54, 1.807) is 0 Å². The number of carbonyl (C=O) groups is 2. The summed E-state index contributed by atoms with van der Waals surface area (Å²) in [6.07, 6.45) is 11.2. The van der Waals surface area contributed by atoms with E-state index in [0.29, 0.717) is 24.2 Å². The molecule has 1 heterocycles. The monoisotopic (exact) mass is 518 g/mol. The van der Waals surface area contributed by atoms with Crippen molar-refractivity contribution in [2.75, 3.05) is 0 Å². The minimum absolute atomic E-state index is 0.0592. The van der Waals surface area contributed by atoms with Gasteiger partial charge in [-0.3, -0.25) is 9.59 Å². The SMILES string of the molecule is CC[C@H](C)C(=O)O[C@H]1C[C@@H](C)C=C2C=C[C@H](C)[C@H](CC[C@@H]3C[C@@H](O[Si](C)(C)C(C)(C)C)CC(=O)O3)[C@H]21. The Hall–Kier alpha value is -1.40. The number of esters is 2. The van der Waals surface area contributed by atoms with Crippen LogP contribution in [-0.2, 0) is 23.5 Å². The summed E-state index contributed by atoms with van der Waals surface area (Å²) >= 11 is 0. The van der Waals surface area contributed by atoms with E-state index in [0.717, 1.165) is 32.1 Å². The van der Waals surface area contributed by atoms with Gasteiger partial charge in [-0.2, -0.15) is 0 Å². The van der Waals surface area contributed by atoms with Crippen molar-refractivity contribution in [2.24, 2.45) is 29.6 Å². The van der Waals surface area contributed by atoms with Gasteiger partial charge in [0.15, 0.2) is 8.32 Å². The Morgan fingerprint density at radius 3 is 2.53 bits per heavy atom. The minimum atomic E-state index is -1.96. The van der Waals surface area contributed by atoms with E-state index in [1.165, 1.54) is 5.57 Å². The number of rotatable bonds is 8. The quantitative estimate of drug-likeness (QED) is 0.251. The molecule has 0 aromatic heterocycles. The molecule has 0 bridgehead atoms. The van der Waals surface area contributed by atoms with Gasteiger partial charge >= 0.3 is 11.9 Å². The van der Waals surface area contributed by atoms with E-state index in [2.05, 4.69) is 65.9 Å². The highest BCUT2D eigenvalue weighted by atomic mass is 28.4. The molecular weight excluding hydrogens is 468 g/mol. The molecule has 1 aliphatic heterocycles. The number of hydrogen-bond donors (Lipinski definition) is 0. The normalized spacial score (nSPS) is 33.9. The first-order valence-corrected chi connectivity index (χ1v) is 17.1. The Kier molecular flexibility index (Phi) is 9.35. The molecule has 0 aromatic carbocycles. The average Bonchev–Trinajstić information content (AvgIpc) is 2.76. The number of ether oxygens (including phenoxy) is 2. The van der Waals surface area contributed by atoms with E-state index in [4.69, 9.17) is 13.9 Å². The third-order valence-corrected chi connectivity index (χ3v) is 13.7. The molecule has 204 valence electrons. The van der Waals surface area contributed by atoms with Crippen LogP contribution >= 0.6 is 0 Å². The molecule has 8 atom stereocenters. The van der Waals surface area contributed by atoms with E-state index in [9.17, 15) is 9.59 Å². The average molecular weight is 519 g/mol. The van der Waals surface area contributed by atoms with Gasteiger partial charge in [-0.1, -0.05) is 66.7 Å². The maximum Gasteiger partial charge on any atom is 0.308 e. The van der Waals surface area contributed by atoms with Gasteiger partial charge in [0.25, 0.3) is 0 Å². The van der Waals surface area contributed by atoms with Gasteiger partial charge < -0.3 is 13.9 Å². The number of fused-ring (bicyclic) bond motifs is 1. The molecule has 1 fully saturated rings. The van der Waals surface area contributed by atoms with Crippen molar-refractivity contribution in [2.45, 2.75) is 123 Å². The first-order chi connectivity index (χ1) is 16.7. The lowest BCUT2D eigenvalue weighted by Crippen LogP contribution is -2.47. The molecule has 0 amide bonds. The van der Waals surface area contributed by atoms with Gasteiger partial charge in [-0.25, -0.2) is 0 Å².